The Morgan fingerprint density at radius 1 is 1.12 bits per heavy atom. The number of carbonyl (C=O) groups is 2. The quantitative estimate of drug-likeness (QED) is 0.474. The summed E-state index contributed by atoms with van der Waals surface area (Å²) in [6.07, 6.45) is 0. The number of rotatable bonds is 4. The zero-order valence-electron chi connectivity index (χ0n) is 13.0. The number of carbonyl (C=O) groups excluding carboxylic acids is 2. The third-order valence-corrected chi connectivity index (χ3v) is 4.95. The molecule has 0 aliphatic carbocycles. The molecule has 0 bridgehead atoms. The molecular weight excluding hydrogens is 349 g/mol. The van der Waals surface area contributed by atoms with Gasteiger partial charge in [0.05, 0.1) is 10.6 Å². The van der Waals surface area contributed by atoms with Gasteiger partial charge in [0.25, 0.3) is 11.6 Å². The summed E-state index contributed by atoms with van der Waals surface area (Å²) < 4.78 is 14.0. The Morgan fingerprint density at radius 2 is 1.76 bits per heavy atom. The summed E-state index contributed by atoms with van der Waals surface area (Å²) >= 11 is 1.06. The number of para-hydroxylation sites is 1. The number of non-ortho nitro benzene ring substituents is 1. The Morgan fingerprint density at radius 3 is 2.36 bits per heavy atom. The highest BCUT2D eigenvalue weighted by Crippen LogP contribution is 2.35. The molecule has 0 saturated carbocycles. The van der Waals surface area contributed by atoms with Crippen LogP contribution < -0.4 is 4.90 Å². The zero-order chi connectivity index (χ0) is 18.1. The lowest BCUT2D eigenvalue weighted by Crippen LogP contribution is -2.32. The minimum atomic E-state index is -0.881. The van der Waals surface area contributed by atoms with Crippen LogP contribution in [-0.2, 0) is 4.79 Å². The fourth-order valence-electron chi connectivity index (χ4n) is 2.39. The minimum Gasteiger partial charge on any atom is -0.306 e. The largest absolute Gasteiger partial charge is 0.332 e. The Bertz CT molecular complexity index is 859. The van der Waals surface area contributed by atoms with Gasteiger partial charge in [-0.15, -0.1) is 0 Å². The number of thioether (sulfide) groups is 1. The van der Waals surface area contributed by atoms with Crippen molar-refractivity contribution >= 4 is 35.1 Å². The number of nitro benzene ring substituents is 1. The molecule has 128 valence electrons. The third kappa shape index (κ3) is 3.05. The molecule has 1 atom stereocenters. The number of imide groups is 1. The van der Waals surface area contributed by atoms with E-state index in [1.54, 1.807) is 0 Å². The second kappa shape index (κ2) is 6.52. The van der Waals surface area contributed by atoms with Crippen LogP contribution in [0.1, 0.15) is 0 Å². The number of likely N-dealkylation sites (N-methyl/N-ethyl adjacent to an activating group) is 1. The van der Waals surface area contributed by atoms with Gasteiger partial charge in [-0.1, -0.05) is 23.9 Å². The van der Waals surface area contributed by atoms with Gasteiger partial charge < -0.3 is 4.90 Å². The number of anilines is 1. The predicted molar refractivity (Wildman–Crippen MR) is 89.8 cm³/mol. The molecule has 3 rings (SSSR count). The van der Waals surface area contributed by atoms with Crippen LogP contribution >= 0.6 is 11.8 Å². The number of nitrogens with zero attached hydrogens (tertiary/aromatic N) is 3. The maximum Gasteiger partial charge on any atom is 0.332 e. The van der Waals surface area contributed by atoms with E-state index in [0.717, 1.165) is 16.7 Å². The summed E-state index contributed by atoms with van der Waals surface area (Å²) in [6, 6.07) is 10.5. The van der Waals surface area contributed by atoms with E-state index < -0.39 is 28.1 Å². The Hall–Kier alpha value is -2.94. The van der Waals surface area contributed by atoms with E-state index in [1.807, 2.05) is 0 Å². The number of hydrogen-bond acceptors (Lipinski definition) is 5. The SMILES string of the molecule is CN1C(=O)N(c2ccccc2F)C(=O)C1Sc1ccc([N+](=O)[O-])cc1. The van der Waals surface area contributed by atoms with Gasteiger partial charge in [-0.2, -0.15) is 0 Å². The minimum absolute atomic E-state index is 0.0699. The number of nitro groups is 1. The Balaban J connectivity index is 1.85. The molecule has 2 aromatic rings. The maximum absolute atomic E-state index is 14.0. The van der Waals surface area contributed by atoms with Crippen LogP contribution in [0.25, 0.3) is 0 Å². The van der Waals surface area contributed by atoms with Crippen LogP contribution in [0.4, 0.5) is 20.6 Å². The maximum atomic E-state index is 14.0. The van der Waals surface area contributed by atoms with E-state index in [0.29, 0.717) is 4.90 Å². The number of urea groups is 1. The fraction of sp³-hybridized carbons (Fsp3) is 0.125. The summed E-state index contributed by atoms with van der Waals surface area (Å²) in [5, 5.41) is 9.80. The van der Waals surface area contributed by atoms with Gasteiger partial charge in [-0.3, -0.25) is 14.9 Å². The number of benzene rings is 2. The highest BCUT2D eigenvalue weighted by Gasteiger charge is 2.45. The molecule has 1 saturated heterocycles. The lowest BCUT2D eigenvalue weighted by Gasteiger charge is -2.15. The summed E-state index contributed by atoms with van der Waals surface area (Å²) in [7, 11) is 1.45. The van der Waals surface area contributed by atoms with Gasteiger partial charge >= 0.3 is 6.03 Å². The fourth-order valence-corrected chi connectivity index (χ4v) is 3.39. The van der Waals surface area contributed by atoms with Crippen molar-refractivity contribution in [3.05, 3.63) is 64.5 Å². The van der Waals surface area contributed by atoms with Crippen LogP contribution in [0.3, 0.4) is 0 Å². The van der Waals surface area contributed by atoms with Crippen molar-refractivity contribution in [2.45, 2.75) is 10.3 Å². The molecule has 1 unspecified atom stereocenters. The normalized spacial score (nSPS) is 17.3. The van der Waals surface area contributed by atoms with E-state index >= 15 is 0 Å². The predicted octanol–water partition coefficient (Wildman–Crippen LogP) is 3.25. The first-order valence-electron chi connectivity index (χ1n) is 7.16. The number of hydrogen-bond donors (Lipinski definition) is 0. The molecule has 0 radical (unpaired) electrons. The zero-order valence-corrected chi connectivity index (χ0v) is 13.8. The molecule has 1 aliphatic rings. The first kappa shape index (κ1) is 16.9. The monoisotopic (exact) mass is 361 g/mol. The van der Waals surface area contributed by atoms with Gasteiger partial charge in [-0.25, -0.2) is 14.1 Å². The van der Waals surface area contributed by atoms with Crippen LogP contribution in [0.5, 0.6) is 0 Å². The third-order valence-electron chi connectivity index (χ3n) is 3.67. The first-order valence-corrected chi connectivity index (χ1v) is 8.04. The lowest BCUT2D eigenvalue weighted by molar-refractivity contribution is -0.384. The standard InChI is InChI=1S/C16H12FN3O4S/c1-18-15(25-11-8-6-10(7-9-11)20(23)24)14(21)19(16(18)22)13-5-3-2-4-12(13)17/h2-9,15H,1H3. The summed E-state index contributed by atoms with van der Waals surface area (Å²) in [4.78, 5) is 37.8. The van der Waals surface area contributed by atoms with Crippen molar-refractivity contribution in [2.24, 2.45) is 0 Å². The number of halogens is 1. The molecular formula is C16H12FN3O4S. The second-order valence-electron chi connectivity index (χ2n) is 5.24. The molecule has 1 heterocycles. The smallest absolute Gasteiger partial charge is 0.306 e. The van der Waals surface area contributed by atoms with Gasteiger partial charge in [-0.05, 0) is 24.3 Å². The average molecular weight is 361 g/mol. The lowest BCUT2D eigenvalue weighted by atomic mass is 10.3. The van der Waals surface area contributed by atoms with E-state index in [1.165, 1.54) is 60.5 Å². The van der Waals surface area contributed by atoms with Crippen molar-refractivity contribution in [1.82, 2.24) is 4.90 Å². The topological polar surface area (TPSA) is 83.8 Å². The summed E-state index contributed by atoms with van der Waals surface area (Å²) in [5.41, 5.74) is -0.171. The molecule has 0 N–H and O–H groups in total. The molecule has 3 amide bonds. The van der Waals surface area contributed by atoms with E-state index in [9.17, 15) is 24.1 Å². The van der Waals surface area contributed by atoms with Crippen LogP contribution in [0, 0.1) is 15.9 Å². The molecule has 0 spiro atoms. The Labute approximate surface area is 146 Å². The van der Waals surface area contributed by atoms with Crippen LogP contribution in [-0.4, -0.2) is 34.2 Å². The summed E-state index contributed by atoms with van der Waals surface area (Å²) in [5.74, 6) is -1.24. The molecule has 1 fully saturated rings. The molecule has 0 aromatic heterocycles. The molecule has 2 aromatic carbocycles. The van der Waals surface area contributed by atoms with Crippen molar-refractivity contribution < 1.29 is 18.9 Å². The van der Waals surface area contributed by atoms with E-state index in [-0.39, 0.29) is 11.4 Å². The first-order chi connectivity index (χ1) is 11.9. The number of amides is 3. The molecule has 9 heteroatoms. The molecule has 25 heavy (non-hydrogen) atoms. The van der Waals surface area contributed by atoms with E-state index in [4.69, 9.17) is 0 Å². The van der Waals surface area contributed by atoms with Gasteiger partial charge in [0.1, 0.15) is 5.82 Å². The molecule has 1 aliphatic heterocycles. The average Bonchev–Trinajstić information content (AvgIpc) is 2.80. The van der Waals surface area contributed by atoms with Crippen molar-refractivity contribution in [3.8, 4) is 0 Å². The van der Waals surface area contributed by atoms with Gasteiger partial charge in [0.2, 0.25) is 0 Å². The van der Waals surface area contributed by atoms with Crippen molar-refractivity contribution in [1.29, 1.82) is 0 Å². The van der Waals surface area contributed by atoms with Crippen molar-refractivity contribution in [2.75, 3.05) is 11.9 Å². The highest BCUT2D eigenvalue weighted by atomic mass is 32.2. The Kier molecular flexibility index (Phi) is 4.41. The summed E-state index contributed by atoms with van der Waals surface area (Å²) in [6.45, 7) is 0. The van der Waals surface area contributed by atoms with Gasteiger partial charge in [0.15, 0.2) is 5.37 Å². The van der Waals surface area contributed by atoms with Crippen LogP contribution in [0.15, 0.2) is 53.4 Å². The van der Waals surface area contributed by atoms with Gasteiger partial charge in [0, 0.05) is 24.1 Å². The van der Waals surface area contributed by atoms with Crippen LogP contribution in [0.2, 0.25) is 0 Å². The van der Waals surface area contributed by atoms with Crippen molar-refractivity contribution in [3.63, 3.8) is 0 Å². The second-order valence-corrected chi connectivity index (χ2v) is 6.39. The highest BCUT2D eigenvalue weighted by molar-refractivity contribution is 8.00. The van der Waals surface area contributed by atoms with E-state index in [2.05, 4.69) is 0 Å². The molecule has 7 nitrogen and oxygen atoms in total.